The quantitative estimate of drug-likeness (QED) is 0.0245. The predicted octanol–water partition coefficient (Wildman–Crippen LogP) is 9.36. The summed E-state index contributed by atoms with van der Waals surface area (Å²) in [5.41, 5.74) is 5.33. The van der Waals surface area contributed by atoms with Crippen molar-refractivity contribution in [2.24, 2.45) is 5.73 Å². The third-order valence-electron chi connectivity index (χ3n) is 8.60. The van der Waals surface area contributed by atoms with Gasteiger partial charge in [-0.25, -0.2) is 4.57 Å². The second-order valence-corrected chi connectivity index (χ2v) is 14.8. The first-order chi connectivity index (χ1) is 23.8. The molecule has 4 atom stereocenters. The van der Waals surface area contributed by atoms with E-state index in [9.17, 15) is 24.5 Å². The molecule has 0 aliphatic rings. The van der Waals surface area contributed by atoms with Crippen LogP contribution in [0.4, 0.5) is 0 Å². The van der Waals surface area contributed by atoms with Gasteiger partial charge in [-0.15, -0.1) is 0 Å². The summed E-state index contributed by atoms with van der Waals surface area (Å²) >= 11 is 0. The first kappa shape index (κ1) is 47.7. The Morgan fingerprint density at radius 2 is 1.20 bits per heavy atom. The molecule has 10 heteroatoms. The lowest BCUT2D eigenvalue weighted by molar-refractivity contribution is -0.124. The van der Waals surface area contributed by atoms with Crippen LogP contribution in [-0.2, 0) is 18.4 Å². The van der Waals surface area contributed by atoms with Crippen LogP contribution >= 0.6 is 7.82 Å². The average Bonchev–Trinajstić information content (AvgIpc) is 3.07. The molecular formula is C39H75N2O7P. The molecule has 0 heterocycles. The topological polar surface area (TPSA) is 151 Å². The Kier molecular flexibility index (Phi) is 34.2. The number of phosphoric ester groups is 1. The average molecular weight is 715 g/mol. The summed E-state index contributed by atoms with van der Waals surface area (Å²) in [5, 5.41) is 23.9. The Morgan fingerprint density at radius 1 is 0.735 bits per heavy atom. The number of nitrogens with two attached hydrogens (primary N) is 1. The predicted molar refractivity (Wildman–Crippen MR) is 204 cm³/mol. The third-order valence-corrected chi connectivity index (χ3v) is 9.58. The van der Waals surface area contributed by atoms with E-state index >= 15 is 0 Å². The highest BCUT2D eigenvalue weighted by Crippen LogP contribution is 2.43. The molecule has 0 aromatic heterocycles. The van der Waals surface area contributed by atoms with Gasteiger partial charge in [-0.2, -0.15) is 0 Å². The second kappa shape index (κ2) is 35.1. The number of carbonyl (C=O) groups excluding carboxylic acids is 1. The lowest BCUT2D eigenvalue weighted by atomic mass is 10.0. The van der Waals surface area contributed by atoms with Gasteiger partial charge in [0, 0.05) is 6.54 Å². The van der Waals surface area contributed by atoms with E-state index in [1.54, 1.807) is 12.2 Å². The van der Waals surface area contributed by atoms with Crippen molar-refractivity contribution in [1.82, 2.24) is 5.32 Å². The summed E-state index contributed by atoms with van der Waals surface area (Å²) in [5.74, 6) is -0.462. The molecule has 9 nitrogen and oxygen atoms in total. The molecule has 0 aromatic rings. The third kappa shape index (κ3) is 33.6. The van der Waals surface area contributed by atoms with E-state index in [1.807, 2.05) is 13.0 Å². The van der Waals surface area contributed by atoms with E-state index in [4.69, 9.17) is 14.8 Å². The summed E-state index contributed by atoms with van der Waals surface area (Å²) < 4.78 is 21.9. The molecule has 0 spiro atoms. The Hall–Kier alpha value is -1.32. The fraction of sp³-hybridized carbons (Fsp3) is 0.821. The number of nitrogens with one attached hydrogen (secondary N) is 1. The summed E-state index contributed by atoms with van der Waals surface area (Å²) in [4.78, 5) is 22.6. The van der Waals surface area contributed by atoms with Crippen molar-refractivity contribution >= 4 is 13.7 Å². The van der Waals surface area contributed by atoms with Gasteiger partial charge in [0.2, 0.25) is 5.91 Å². The van der Waals surface area contributed by atoms with Gasteiger partial charge in [0.05, 0.1) is 37.9 Å². The van der Waals surface area contributed by atoms with Gasteiger partial charge in [-0.05, 0) is 39.0 Å². The zero-order valence-corrected chi connectivity index (χ0v) is 32.2. The summed E-state index contributed by atoms with van der Waals surface area (Å²) in [7, 11) is -4.40. The highest BCUT2D eigenvalue weighted by atomic mass is 31.2. The Balaban J connectivity index is 4.26. The van der Waals surface area contributed by atoms with Gasteiger partial charge in [-0.1, -0.05) is 159 Å². The fourth-order valence-electron chi connectivity index (χ4n) is 5.63. The van der Waals surface area contributed by atoms with E-state index in [0.29, 0.717) is 12.8 Å². The van der Waals surface area contributed by atoms with Crippen molar-refractivity contribution in [1.29, 1.82) is 0 Å². The SMILES string of the molecule is C/C=C/CC/C=C/CC/C=C/C(O)C(COP(=O)(O)OCCN)NC(=O)CC(O)CCCCCCCCCCCCCCCCCCCC. The summed E-state index contributed by atoms with van der Waals surface area (Å²) in [6, 6.07) is -1.00. The van der Waals surface area contributed by atoms with Crippen LogP contribution in [0.2, 0.25) is 0 Å². The van der Waals surface area contributed by atoms with Crippen molar-refractivity contribution in [2.75, 3.05) is 19.8 Å². The van der Waals surface area contributed by atoms with Crippen LogP contribution in [0.3, 0.4) is 0 Å². The monoisotopic (exact) mass is 715 g/mol. The first-order valence-electron chi connectivity index (χ1n) is 19.7. The van der Waals surface area contributed by atoms with Crippen LogP contribution in [0.15, 0.2) is 36.5 Å². The molecule has 0 aliphatic carbocycles. The number of hydrogen-bond donors (Lipinski definition) is 5. The molecule has 6 N–H and O–H groups in total. The van der Waals surface area contributed by atoms with Crippen LogP contribution < -0.4 is 11.1 Å². The van der Waals surface area contributed by atoms with Gasteiger partial charge in [0.25, 0.3) is 0 Å². The van der Waals surface area contributed by atoms with E-state index in [0.717, 1.165) is 38.5 Å². The van der Waals surface area contributed by atoms with Crippen molar-refractivity contribution in [3.05, 3.63) is 36.5 Å². The summed E-state index contributed by atoms with van der Waals surface area (Å²) in [6.07, 6.45) is 36.9. The lowest BCUT2D eigenvalue weighted by Crippen LogP contribution is -2.46. The molecule has 288 valence electrons. The van der Waals surface area contributed by atoms with Crippen LogP contribution in [0.1, 0.15) is 168 Å². The molecule has 0 rings (SSSR count). The van der Waals surface area contributed by atoms with Gasteiger partial charge < -0.3 is 26.2 Å². The van der Waals surface area contributed by atoms with Crippen molar-refractivity contribution in [2.45, 2.75) is 186 Å². The van der Waals surface area contributed by atoms with Gasteiger partial charge in [0.15, 0.2) is 0 Å². The van der Waals surface area contributed by atoms with Gasteiger partial charge in [0.1, 0.15) is 0 Å². The lowest BCUT2D eigenvalue weighted by Gasteiger charge is -2.24. The van der Waals surface area contributed by atoms with Crippen LogP contribution in [0.25, 0.3) is 0 Å². The van der Waals surface area contributed by atoms with Gasteiger partial charge >= 0.3 is 7.82 Å². The Bertz CT molecular complexity index is 883. The molecule has 0 fully saturated rings. The molecule has 0 saturated carbocycles. The molecular weight excluding hydrogens is 639 g/mol. The molecule has 0 radical (unpaired) electrons. The minimum atomic E-state index is -4.40. The molecule has 4 unspecified atom stereocenters. The number of allylic oxidation sites excluding steroid dienone is 5. The number of aliphatic hydroxyl groups is 2. The number of hydrogen-bond acceptors (Lipinski definition) is 7. The molecule has 49 heavy (non-hydrogen) atoms. The maximum absolute atomic E-state index is 12.7. The second-order valence-electron chi connectivity index (χ2n) is 13.3. The fourth-order valence-corrected chi connectivity index (χ4v) is 6.39. The number of aliphatic hydroxyl groups excluding tert-OH is 2. The largest absolute Gasteiger partial charge is 0.472 e. The van der Waals surface area contributed by atoms with Crippen molar-refractivity contribution in [3.63, 3.8) is 0 Å². The highest BCUT2D eigenvalue weighted by Gasteiger charge is 2.27. The molecule has 0 bridgehead atoms. The van der Waals surface area contributed by atoms with Crippen molar-refractivity contribution in [3.8, 4) is 0 Å². The van der Waals surface area contributed by atoms with E-state index in [-0.39, 0.29) is 19.6 Å². The standard InChI is InChI=1S/C39H75N2O7P/c1-3-5-7-9-11-13-14-15-16-17-18-19-20-21-23-24-26-28-30-36(42)34-39(44)41-37(35-48-49(45,46)47-33-32-40)38(43)31-29-27-25-22-12-10-8-6-4-2/h4,6,12,22,29,31,36-38,42-43H,3,5,7-11,13-21,23-28,30,32-35,40H2,1-2H3,(H,41,44)(H,45,46)/b6-4+,22-12+,31-29+. The van der Waals surface area contributed by atoms with E-state index in [1.165, 1.54) is 96.3 Å². The van der Waals surface area contributed by atoms with E-state index < -0.39 is 38.6 Å². The zero-order chi connectivity index (χ0) is 36.3. The minimum Gasteiger partial charge on any atom is -0.393 e. The normalized spacial score (nSPS) is 15.3. The molecule has 0 aliphatic heterocycles. The number of carbonyl (C=O) groups is 1. The van der Waals surface area contributed by atoms with Gasteiger partial charge in [-0.3, -0.25) is 13.8 Å². The molecule has 0 aromatic carbocycles. The minimum absolute atomic E-state index is 0.0422. The van der Waals surface area contributed by atoms with Crippen LogP contribution in [0.5, 0.6) is 0 Å². The number of phosphoric acid groups is 1. The maximum Gasteiger partial charge on any atom is 0.472 e. The van der Waals surface area contributed by atoms with E-state index in [2.05, 4.69) is 30.5 Å². The number of unbranched alkanes of at least 4 members (excludes halogenated alkanes) is 19. The Morgan fingerprint density at radius 3 is 1.69 bits per heavy atom. The highest BCUT2D eigenvalue weighted by molar-refractivity contribution is 7.47. The zero-order valence-electron chi connectivity index (χ0n) is 31.3. The number of amides is 1. The summed E-state index contributed by atoms with van der Waals surface area (Å²) in [6.45, 7) is 3.70. The van der Waals surface area contributed by atoms with Crippen molar-refractivity contribution < 1.29 is 33.5 Å². The number of rotatable bonds is 36. The Labute approximate surface area is 300 Å². The molecule has 0 saturated heterocycles. The first-order valence-corrected chi connectivity index (χ1v) is 21.2. The maximum atomic E-state index is 12.7. The van der Waals surface area contributed by atoms with Crippen LogP contribution in [0, 0.1) is 0 Å². The smallest absolute Gasteiger partial charge is 0.393 e. The molecule has 1 amide bonds. The van der Waals surface area contributed by atoms with Crippen LogP contribution in [-0.4, -0.2) is 59.0 Å².